The molecule has 2 fully saturated rings. The highest BCUT2D eigenvalue weighted by Gasteiger charge is 2.42. The molecule has 9 heteroatoms. The minimum Gasteiger partial charge on any atom is -0.480 e. The van der Waals surface area contributed by atoms with Crippen molar-refractivity contribution in [1.29, 1.82) is 0 Å². The molecule has 7 nitrogen and oxygen atoms in total. The van der Waals surface area contributed by atoms with Crippen LogP contribution < -0.4 is 5.32 Å². The zero-order chi connectivity index (χ0) is 18.1. The average molecular weight is 386 g/mol. The van der Waals surface area contributed by atoms with Crippen LogP contribution in [0.4, 0.5) is 0 Å². The summed E-state index contributed by atoms with van der Waals surface area (Å²) in [5.74, 6) is -1.38. The first-order valence-corrected chi connectivity index (χ1v) is 10.7. The van der Waals surface area contributed by atoms with Crippen molar-refractivity contribution < 1.29 is 23.1 Å². The lowest BCUT2D eigenvalue weighted by atomic mass is 9.97. The SMILES string of the molecule is O=C(Cc1ccc(S(=O)(=O)N2CCCC2)s1)NC1(C(=O)O)CCCC1. The highest BCUT2D eigenvalue weighted by Crippen LogP contribution is 2.31. The number of thiophene rings is 1. The third-order valence-electron chi connectivity index (χ3n) is 4.88. The molecule has 1 aromatic heterocycles. The highest BCUT2D eigenvalue weighted by atomic mass is 32.2. The van der Waals surface area contributed by atoms with Gasteiger partial charge in [-0.3, -0.25) is 4.79 Å². The third kappa shape index (κ3) is 3.73. The van der Waals surface area contributed by atoms with E-state index in [1.807, 2.05) is 0 Å². The molecule has 1 aromatic rings. The van der Waals surface area contributed by atoms with Crippen molar-refractivity contribution in [3.05, 3.63) is 17.0 Å². The van der Waals surface area contributed by atoms with Crippen LogP contribution in [-0.2, 0) is 26.0 Å². The molecule has 2 aliphatic rings. The van der Waals surface area contributed by atoms with Crippen LogP contribution in [0.15, 0.2) is 16.3 Å². The second kappa shape index (κ2) is 7.05. The van der Waals surface area contributed by atoms with Gasteiger partial charge in [-0.15, -0.1) is 11.3 Å². The molecule has 3 rings (SSSR count). The molecule has 2 heterocycles. The quantitative estimate of drug-likeness (QED) is 0.773. The zero-order valence-corrected chi connectivity index (χ0v) is 15.5. The number of hydrogen-bond donors (Lipinski definition) is 2. The van der Waals surface area contributed by atoms with Gasteiger partial charge in [0.05, 0.1) is 6.42 Å². The van der Waals surface area contributed by atoms with Crippen LogP contribution in [0.1, 0.15) is 43.4 Å². The van der Waals surface area contributed by atoms with E-state index >= 15 is 0 Å². The van der Waals surface area contributed by atoms with Crippen LogP contribution in [0.25, 0.3) is 0 Å². The average Bonchev–Trinajstić information content (AvgIpc) is 3.29. The fraction of sp³-hybridized carbons (Fsp3) is 0.625. The van der Waals surface area contributed by atoms with Gasteiger partial charge in [0.25, 0.3) is 10.0 Å². The zero-order valence-electron chi connectivity index (χ0n) is 13.9. The summed E-state index contributed by atoms with van der Waals surface area (Å²) in [5.41, 5.74) is -1.17. The van der Waals surface area contributed by atoms with Crippen molar-refractivity contribution >= 4 is 33.2 Å². The second-order valence-electron chi connectivity index (χ2n) is 6.65. The normalized spacial score (nSPS) is 20.6. The van der Waals surface area contributed by atoms with E-state index in [0.717, 1.165) is 37.0 Å². The molecular formula is C16H22N2O5S2. The largest absolute Gasteiger partial charge is 0.480 e. The summed E-state index contributed by atoms with van der Waals surface area (Å²) >= 11 is 1.08. The molecule has 0 spiro atoms. The number of carboxylic acid groups (broad SMARTS) is 1. The number of rotatable bonds is 6. The Morgan fingerprint density at radius 1 is 1.16 bits per heavy atom. The molecule has 0 atom stereocenters. The van der Waals surface area contributed by atoms with Gasteiger partial charge in [0, 0.05) is 18.0 Å². The van der Waals surface area contributed by atoms with Gasteiger partial charge in [-0.2, -0.15) is 4.31 Å². The number of sulfonamides is 1. The lowest BCUT2D eigenvalue weighted by molar-refractivity contribution is -0.147. The molecule has 0 bridgehead atoms. The van der Waals surface area contributed by atoms with E-state index in [2.05, 4.69) is 5.32 Å². The van der Waals surface area contributed by atoms with Crippen LogP contribution in [0.2, 0.25) is 0 Å². The number of nitrogens with zero attached hydrogens (tertiary/aromatic N) is 1. The molecule has 0 aromatic carbocycles. The maximum Gasteiger partial charge on any atom is 0.329 e. The maximum atomic E-state index is 12.5. The Kier molecular flexibility index (Phi) is 5.17. The van der Waals surface area contributed by atoms with Crippen LogP contribution in [0.3, 0.4) is 0 Å². The van der Waals surface area contributed by atoms with Crippen LogP contribution in [-0.4, -0.2) is 48.3 Å². The van der Waals surface area contributed by atoms with Crippen LogP contribution >= 0.6 is 11.3 Å². The lowest BCUT2D eigenvalue weighted by Gasteiger charge is -2.25. The molecule has 2 N–H and O–H groups in total. The molecule has 0 radical (unpaired) electrons. The Morgan fingerprint density at radius 3 is 2.40 bits per heavy atom. The summed E-state index contributed by atoms with van der Waals surface area (Å²) in [4.78, 5) is 24.4. The monoisotopic (exact) mass is 386 g/mol. The van der Waals surface area contributed by atoms with Crippen molar-refractivity contribution in [2.75, 3.05) is 13.1 Å². The van der Waals surface area contributed by atoms with Crippen molar-refractivity contribution in [2.45, 2.75) is 54.7 Å². The van der Waals surface area contributed by atoms with E-state index in [4.69, 9.17) is 0 Å². The Hall–Kier alpha value is -1.45. The highest BCUT2D eigenvalue weighted by molar-refractivity contribution is 7.91. The second-order valence-corrected chi connectivity index (χ2v) is 9.98. The van der Waals surface area contributed by atoms with Gasteiger partial charge in [-0.25, -0.2) is 13.2 Å². The number of aliphatic carboxylic acids is 1. The van der Waals surface area contributed by atoms with Gasteiger partial charge in [-0.1, -0.05) is 12.8 Å². The van der Waals surface area contributed by atoms with E-state index in [1.54, 1.807) is 6.07 Å². The Bertz CT molecular complexity index is 759. The number of carbonyl (C=O) groups is 2. The molecule has 1 aliphatic carbocycles. The van der Waals surface area contributed by atoms with Crippen molar-refractivity contribution in [2.24, 2.45) is 0 Å². The molecular weight excluding hydrogens is 364 g/mol. The third-order valence-corrected chi connectivity index (χ3v) is 8.33. The van der Waals surface area contributed by atoms with E-state index < -0.39 is 21.5 Å². The fourth-order valence-electron chi connectivity index (χ4n) is 3.49. The van der Waals surface area contributed by atoms with E-state index in [1.165, 1.54) is 10.4 Å². The predicted molar refractivity (Wildman–Crippen MR) is 93.0 cm³/mol. The van der Waals surface area contributed by atoms with E-state index in [9.17, 15) is 23.1 Å². The van der Waals surface area contributed by atoms with Crippen molar-refractivity contribution in [1.82, 2.24) is 9.62 Å². The number of hydrogen-bond acceptors (Lipinski definition) is 5. The summed E-state index contributed by atoms with van der Waals surface area (Å²) in [7, 11) is -3.48. The molecule has 1 saturated carbocycles. The van der Waals surface area contributed by atoms with Gasteiger partial charge in [0.15, 0.2) is 0 Å². The van der Waals surface area contributed by atoms with Crippen LogP contribution in [0.5, 0.6) is 0 Å². The Labute approximate surface area is 151 Å². The Balaban J connectivity index is 1.67. The van der Waals surface area contributed by atoms with E-state index in [-0.39, 0.29) is 16.5 Å². The van der Waals surface area contributed by atoms with Gasteiger partial charge in [-0.05, 0) is 37.8 Å². The summed E-state index contributed by atoms with van der Waals surface area (Å²) < 4.78 is 26.7. The summed E-state index contributed by atoms with van der Waals surface area (Å²) in [5, 5.41) is 12.1. The minimum absolute atomic E-state index is 0.00475. The number of nitrogens with one attached hydrogen (secondary N) is 1. The topological polar surface area (TPSA) is 104 Å². The van der Waals surface area contributed by atoms with Crippen LogP contribution in [0, 0.1) is 0 Å². The van der Waals surface area contributed by atoms with Gasteiger partial charge >= 0.3 is 5.97 Å². The fourth-order valence-corrected chi connectivity index (χ4v) is 6.51. The summed E-state index contributed by atoms with van der Waals surface area (Å²) in [6.07, 6.45) is 4.18. The van der Waals surface area contributed by atoms with Gasteiger partial charge in [0.2, 0.25) is 5.91 Å². The molecule has 1 aliphatic heterocycles. The number of amides is 1. The maximum absolute atomic E-state index is 12.5. The minimum atomic E-state index is -3.48. The van der Waals surface area contributed by atoms with Crippen molar-refractivity contribution in [3.63, 3.8) is 0 Å². The molecule has 0 unspecified atom stereocenters. The summed E-state index contributed by atoms with van der Waals surface area (Å²) in [6.45, 7) is 1.08. The standard InChI is InChI=1S/C16H22N2O5S2/c19-13(17-16(15(20)21)7-1-2-8-16)11-12-5-6-14(24-12)25(22,23)18-9-3-4-10-18/h5-6H,1-4,7-11H2,(H,17,19)(H,20,21). The van der Waals surface area contributed by atoms with Crippen molar-refractivity contribution in [3.8, 4) is 0 Å². The number of carbonyl (C=O) groups excluding carboxylic acids is 1. The predicted octanol–water partition coefficient (Wildman–Crippen LogP) is 1.59. The first-order chi connectivity index (χ1) is 11.8. The molecule has 138 valence electrons. The van der Waals surface area contributed by atoms with Gasteiger partial charge < -0.3 is 10.4 Å². The molecule has 1 amide bonds. The summed E-state index contributed by atoms with van der Waals surface area (Å²) in [6, 6.07) is 3.17. The Morgan fingerprint density at radius 2 is 1.80 bits per heavy atom. The smallest absolute Gasteiger partial charge is 0.329 e. The molecule has 25 heavy (non-hydrogen) atoms. The van der Waals surface area contributed by atoms with E-state index in [0.29, 0.717) is 30.8 Å². The number of carboxylic acids is 1. The molecule has 1 saturated heterocycles. The van der Waals surface area contributed by atoms with Gasteiger partial charge in [0.1, 0.15) is 9.75 Å². The first kappa shape index (κ1) is 18.3. The first-order valence-electron chi connectivity index (χ1n) is 8.47. The lowest BCUT2D eigenvalue weighted by Crippen LogP contribution is -2.52.